The highest BCUT2D eigenvalue weighted by Gasteiger charge is 2.29. The summed E-state index contributed by atoms with van der Waals surface area (Å²) in [5.74, 6) is 1.27. The van der Waals surface area contributed by atoms with Crippen molar-refractivity contribution >= 4 is 21.6 Å². The molecule has 0 saturated carbocycles. The molecule has 0 unspecified atom stereocenters. The lowest BCUT2D eigenvalue weighted by atomic mass is 10.2. The summed E-state index contributed by atoms with van der Waals surface area (Å²) >= 11 is 0. The first-order valence-corrected chi connectivity index (χ1v) is 12.1. The van der Waals surface area contributed by atoms with Gasteiger partial charge in [0.25, 0.3) is 10.0 Å². The van der Waals surface area contributed by atoms with Crippen LogP contribution in [0.1, 0.15) is 5.56 Å². The van der Waals surface area contributed by atoms with Gasteiger partial charge in [-0.25, -0.2) is 8.42 Å². The summed E-state index contributed by atoms with van der Waals surface area (Å²) < 4.78 is 49.4. The molecule has 10 heteroatoms. The van der Waals surface area contributed by atoms with Crippen LogP contribution in [0.3, 0.4) is 0 Å². The molecule has 0 aliphatic heterocycles. The SMILES string of the molecule is COc1ccc(OC)c(N(CC(=O)NCc2ccc(OC)c(OC)c2)S(=O)(=O)c2ccccc2)c1. The van der Waals surface area contributed by atoms with E-state index in [1.54, 1.807) is 48.5 Å². The van der Waals surface area contributed by atoms with Gasteiger partial charge in [0.2, 0.25) is 5.91 Å². The minimum atomic E-state index is -4.11. The highest BCUT2D eigenvalue weighted by atomic mass is 32.2. The lowest BCUT2D eigenvalue weighted by Crippen LogP contribution is -2.40. The van der Waals surface area contributed by atoms with Crippen molar-refractivity contribution in [2.45, 2.75) is 11.4 Å². The Bertz CT molecular complexity index is 1260. The monoisotopic (exact) mass is 500 g/mol. The van der Waals surface area contributed by atoms with E-state index in [4.69, 9.17) is 18.9 Å². The van der Waals surface area contributed by atoms with Crippen LogP contribution in [0.25, 0.3) is 0 Å². The van der Waals surface area contributed by atoms with E-state index >= 15 is 0 Å². The van der Waals surface area contributed by atoms with E-state index in [0.717, 1.165) is 9.87 Å². The van der Waals surface area contributed by atoms with Crippen molar-refractivity contribution in [2.75, 3.05) is 39.3 Å². The van der Waals surface area contributed by atoms with Crippen LogP contribution in [0.5, 0.6) is 23.0 Å². The van der Waals surface area contributed by atoms with E-state index in [1.807, 2.05) is 0 Å². The molecule has 35 heavy (non-hydrogen) atoms. The Morgan fingerprint density at radius 1 is 0.800 bits per heavy atom. The molecule has 0 bridgehead atoms. The van der Waals surface area contributed by atoms with Crippen LogP contribution in [0.15, 0.2) is 71.6 Å². The van der Waals surface area contributed by atoms with Gasteiger partial charge in [-0.2, -0.15) is 0 Å². The molecule has 0 radical (unpaired) electrons. The second-order valence-corrected chi connectivity index (χ2v) is 9.19. The molecule has 0 aliphatic rings. The topological polar surface area (TPSA) is 103 Å². The Balaban J connectivity index is 1.91. The van der Waals surface area contributed by atoms with Crippen molar-refractivity contribution in [2.24, 2.45) is 0 Å². The maximum absolute atomic E-state index is 13.6. The number of methoxy groups -OCH3 is 4. The second-order valence-electron chi connectivity index (χ2n) is 7.33. The van der Waals surface area contributed by atoms with Crippen molar-refractivity contribution in [3.05, 3.63) is 72.3 Å². The molecular weight excluding hydrogens is 472 g/mol. The smallest absolute Gasteiger partial charge is 0.264 e. The number of nitrogens with zero attached hydrogens (tertiary/aromatic N) is 1. The van der Waals surface area contributed by atoms with Crippen LogP contribution >= 0.6 is 0 Å². The van der Waals surface area contributed by atoms with E-state index < -0.39 is 22.5 Å². The third-order valence-corrected chi connectivity index (χ3v) is 6.98. The lowest BCUT2D eigenvalue weighted by molar-refractivity contribution is -0.119. The minimum absolute atomic E-state index is 0.0394. The number of carbonyl (C=O) groups excluding carboxylic acids is 1. The Morgan fingerprint density at radius 2 is 1.46 bits per heavy atom. The number of rotatable bonds is 11. The summed E-state index contributed by atoms with van der Waals surface area (Å²) in [6.45, 7) is -0.318. The number of ether oxygens (including phenoxy) is 4. The normalized spacial score (nSPS) is 10.9. The highest BCUT2D eigenvalue weighted by Crippen LogP contribution is 2.35. The van der Waals surface area contributed by atoms with Crippen molar-refractivity contribution in [3.63, 3.8) is 0 Å². The quantitative estimate of drug-likeness (QED) is 0.431. The number of carbonyl (C=O) groups is 1. The molecule has 186 valence electrons. The predicted molar refractivity (Wildman–Crippen MR) is 132 cm³/mol. The van der Waals surface area contributed by atoms with E-state index in [1.165, 1.54) is 46.6 Å². The van der Waals surface area contributed by atoms with Gasteiger partial charge in [0.1, 0.15) is 18.0 Å². The zero-order valence-electron chi connectivity index (χ0n) is 20.0. The Morgan fingerprint density at radius 3 is 2.09 bits per heavy atom. The standard InChI is InChI=1S/C25H28N2O7S/c1-31-19-11-13-22(32-2)21(15-19)27(35(29,30)20-8-6-5-7-9-20)17-25(28)26-16-18-10-12-23(33-3)24(14-18)34-4/h5-15H,16-17H2,1-4H3,(H,26,28). The fraction of sp³-hybridized carbons (Fsp3) is 0.240. The average molecular weight is 501 g/mol. The van der Waals surface area contributed by atoms with E-state index in [9.17, 15) is 13.2 Å². The summed E-state index contributed by atoms with van der Waals surface area (Å²) in [5.41, 5.74) is 0.935. The summed E-state index contributed by atoms with van der Waals surface area (Å²) in [4.78, 5) is 13.0. The largest absolute Gasteiger partial charge is 0.497 e. The molecule has 1 N–H and O–H groups in total. The van der Waals surface area contributed by atoms with Gasteiger partial charge in [0.05, 0.1) is 39.0 Å². The first kappa shape index (κ1) is 25.7. The van der Waals surface area contributed by atoms with E-state index in [-0.39, 0.29) is 22.9 Å². The van der Waals surface area contributed by atoms with Gasteiger partial charge in [-0.05, 0) is 42.0 Å². The third kappa shape index (κ3) is 5.96. The van der Waals surface area contributed by atoms with Crippen molar-refractivity contribution in [3.8, 4) is 23.0 Å². The van der Waals surface area contributed by atoms with Gasteiger partial charge in [-0.15, -0.1) is 0 Å². The zero-order valence-corrected chi connectivity index (χ0v) is 20.8. The second kappa shape index (κ2) is 11.5. The zero-order chi connectivity index (χ0) is 25.4. The van der Waals surface area contributed by atoms with E-state index in [0.29, 0.717) is 17.2 Å². The Kier molecular flexibility index (Phi) is 8.43. The lowest BCUT2D eigenvalue weighted by Gasteiger charge is -2.26. The molecule has 0 aromatic heterocycles. The number of hydrogen-bond donors (Lipinski definition) is 1. The van der Waals surface area contributed by atoms with Gasteiger partial charge in [0.15, 0.2) is 11.5 Å². The third-order valence-electron chi connectivity index (χ3n) is 5.21. The number of sulfonamides is 1. The molecule has 0 fully saturated rings. The maximum atomic E-state index is 13.6. The van der Waals surface area contributed by atoms with Crippen molar-refractivity contribution < 1.29 is 32.2 Å². The van der Waals surface area contributed by atoms with Crippen LogP contribution in [0, 0.1) is 0 Å². The van der Waals surface area contributed by atoms with Crippen LogP contribution in [-0.4, -0.2) is 49.3 Å². The van der Waals surface area contributed by atoms with Gasteiger partial charge >= 0.3 is 0 Å². The number of anilines is 1. The minimum Gasteiger partial charge on any atom is -0.497 e. The molecule has 0 spiro atoms. The summed E-state index contributed by atoms with van der Waals surface area (Å²) in [6.07, 6.45) is 0. The summed E-state index contributed by atoms with van der Waals surface area (Å²) in [6, 6.07) is 17.9. The molecule has 1 amide bonds. The first-order valence-electron chi connectivity index (χ1n) is 10.6. The Hall–Kier alpha value is -3.92. The molecule has 0 heterocycles. The molecule has 0 saturated heterocycles. The Labute approximate surface area is 205 Å². The number of benzene rings is 3. The molecule has 9 nitrogen and oxygen atoms in total. The van der Waals surface area contributed by atoms with Gasteiger partial charge in [-0.1, -0.05) is 24.3 Å². The van der Waals surface area contributed by atoms with E-state index in [2.05, 4.69) is 5.32 Å². The first-order chi connectivity index (χ1) is 16.8. The summed E-state index contributed by atoms with van der Waals surface area (Å²) in [5, 5.41) is 2.76. The number of hydrogen-bond acceptors (Lipinski definition) is 7. The summed E-state index contributed by atoms with van der Waals surface area (Å²) in [7, 11) is 1.84. The maximum Gasteiger partial charge on any atom is 0.264 e. The van der Waals surface area contributed by atoms with Crippen LogP contribution in [0.2, 0.25) is 0 Å². The van der Waals surface area contributed by atoms with Gasteiger partial charge in [0, 0.05) is 12.6 Å². The van der Waals surface area contributed by atoms with Crippen molar-refractivity contribution in [1.82, 2.24) is 5.32 Å². The molecule has 3 aromatic carbocycles. The number of amides is 1. The van der Waals surface area contributed by atoms with Gasteiger partial charge < -0.3 is 24.3 Å². The number of nitrogens with one attached hydrogen (secondary N) is 1. The molecular formula is C25H28N2O7S. The van der Waals surface area contributed by atoms with Crippen LogP contribution < -0.4 is 28.6 Å². The fourth-order valence-electron chi connectivity index (χ4n) is 3.39. The fourth-order valence-corrected chi connectivity index (χ4v) is 4.83. The average Bonchev–Trinajstić information content (AvgIpc) is 2.90. The highest BCUT2D eigenvalue weighted by molar-refractivity contribution is 7.92. The molecule has 0 aliphatic carbocycles. The van der Waals surface area contributed by atoms with Crippen LogP contribution in [-0.2, 0) is 21.4 Å². The molecule has 3 aromatic rings. The van der Waals surface area contributed by atoms with Crippen molar-refractivity contribution in [1.29, 1.82) is 0 Å². The molecule has 3 rings (SSSR count). The van der Waals surface area contributed by atoms with Crippen LogP contribution in [0.4, 0.5) is 5.69 Å². The predicted octanol–water partition coefficient (Wildman–Crippen LogP) is 3.23. The van der Waals surface area contributed by atoms with Gasteiger partial charge in [-0.3, -0.25) is 9.10 Å². The molecule has 0 atom stereocenters.